The van der Waals surface area contributed by atoms with Crippen molar-refractivity contribution in [2.24, 2.45) is 5.92 Å². The fraction of sp³-hybridized carbons (Fsp3) is 0.160. The average Bonchev–Trinajstić information content (AvgIpc) is 3.21. The van der Waals surface area contributed by atoms with E-state index in [1.807, 2.05) is 0 Å². The molecule has 1 saturated heterocycles. The lowest BCUT2D eigenvalue weighted by Gasteiger charge is -2.17. The molecule has 6 nitrogen and oxygen atoms in total. The van der Waals surface area contributed by atoms with Crippen LogP contribution in [-0.2, 0) is 16.1 Å². The van der Waals surface area contributed by atoms with Gasteiger partial charge >= 0.3 is 0 Å². The van der Waals surface area contributed by atoms with Gasteiger partial charge in [0.15, 0.2) is 0 Å². The molecule has 4 rings (SSSR count). The van der Waals surface area contributed by atoms with Gasteiger partial charge in [-0.05, 0) is 54.1 Å². The maximum Gasteiger partial charge on any atom is 0.253 e. The lowest BCUT2D eigenvalue weighted by atomic mass is 10.1. The summed E-state index contributed by atoms with van der Waals surface area (Å²) < 4.78 is 13.1. The van der Waals surface area contributed by atoms with Gasteiger partial charge in [-0.15, -0.1) is 0 Å². The molecule has 3 aromatic rings. The van der Waals surface area contributed by atoms with Gasteiger partial charge in [0.05, 0.1) is 17.2 Å². The zero-order valence-corrected chi connectivity index (χ0v) is 18.3. The van der Waals surface area contributed by atoms with E-state index in [9.17, 15) is 18.8 Å². The zero-order chi connectivity index (χ0) is 23.4. The normalized spacial score (nSPS) is 15.4. The van der Waals surface area contributed by atoms with Crippen LogP contribution >= 0.6 is 11.6 Å². The fourth-order valence-corrected chi connectivity index (χ4v) is 3.78. The Kier molecular flexibility index (Phi) is 6.70. The highest BCUT2D eigenvalue weighted by molar-refractivity contribution is 6.30. The number of para-hydroxylation sites is 1. The van der Waals surface area contributed by atoms with Crippen molar-refractivity contribution in [3.05, 3.63) is 94.8 Å². The van der Waals surface area contributed by atoms with E-state index in [2.05, 4.69) is 10.6 Å². The van der Waals surface area contributed by atoms with Crippen LogP contribution in [0, 0.1) is 11.7 Å². The number of rotatable bonds is 6. The molecule has 1 fully saturated rings. The molecule has 2 N–H and O–H groups in total. The van der Waals surface area contributed by atoms with Crippen LogP contribution in [-0.4, -0.2) is 24.3 Å². The van der Waals surface area contributed by atoms with Crippen molar-refractivity contribution in [3.8, 4) is 0 Å². The number of carbonyl (C=O) groups is 3. The summed E-state index contributed by atoms with van der Waals surface area (Å²) in [6, 6.07) is 19.3. The summed E-state index contributed by atoms with van der Waals surface area (Å²) in [6.45, 7) is 0.458. The fourth-order valence-electron chi connectivity index (χ4n) is 3.66. The summed E-state index contributed by atoms with van der Waals surface area (Å²) in [7, 11) is 0. The van der Waals surface area contributed by atoms with Crippen LogP contribution in [0.25, 0.3) is 0 Å². The van der Waals surface area contributed by atoms with E-state index in [1.54, 1.807) is 65.6 Å². The minimum Gasteiger partial charge on any atom is -0.348 e. The summed E-state index contributed by atoms with van der Waals surface area (Å²) in [5.74, 6) is -1.76. The topological polar surface area (TPSA) is 78.5 Å². The predicted molar refractivity (Wildman–Crippen MR) is 125 cm³/mol. The second-order valence-corrected chi connectivity index (χ2v) is 8.16. The third kappa shape index (κ3) is 5.38. The monoisotopic (exact) mass is 465 g/mol. The number of anilines is 2. The number of carbonyl (C=O) groups excluding carboxylic acids is 3. The van der Waals surface area contributed by atoms with Crippen molar-refractivity contribution in [2.45, 2.75) is 13.0 Å². The molecule has 1 aliphatic rings. The lowest BCUT2D eigenvalue weighted by Crippen LogP contribution is -2.29. The van der Waals surface area contributed by atoms with Crippen molar-refractivity contribution in [2.75, 3.05) is 16.8 Å². The average molecular weight is 466 g/mol. The van der Waals surface area contributed by atoms with Crippen LogP contribution in [0.3, 0.4) is 0 Å². The van der Waals surface area contributed by atoms with Gasteiger partial charge in [-0.2, -0.15) is 0 Å². The van der Waals surface area contributed by atoms with Gasteiger partial charge in [0.1, 0.15) is 5.82 Å². The van der Waals surface area contributed by atoms with E-state index in [-0.39, 0.29) is 43.0 Å². The maximum absolute atomic E-state index is 13.1. The highest BCUT2D eigenvalue weighted by Gasteiger charge is 2.35. The largest absolute Gasteiger partial charge is 0.348 e. The highest BCUT2D eigenvalue weighted by Crippen LogP contribution is 2.27. The SMILES string of the molecule is O=C(NCc1ccc(F)cc1)c1ccccc1NC(=O)[C@@H]1CC(=O)N(c2ccc(Cl)cc2)C1. The van der Waals surface area contributed by atoms with Crippen molar-refractivity contribution in [1.82, 2.24) is 5.32 Å². The molecular weight excluding hydrogens is 445 g/mol. The summed E-state index contributed by atoms with van der Waals surface area (Å²) in [5.41, 5.74) is 2.08. The van der Waals surface area contributed by atoms with E-state index < -0.39 is 5.92 Å². The molecule has 33 heavy (non-hydrogen) atoms. The predicted octanol–water partition coefficient (Wildman–Crippen LogP) is 4.40. The molecule has 0 aliphatic carbocycles. The van der Waals surface area contributed by atoms with Gasteiger partial charge in [0, 0.05) is 30.2 Å². The molecule has 0 radical (unpaired) electrons. The van der Waals surface area contributed by atoms with E-state index in [0.29, 0.717) is 22.0 Å². The quantitative estimate of drug-likeness (QED) is 0.566. The summed E-state index contributed by atoms with van der Waals surface area (Å²) >= 11 is 5.91. The Bertz CT molecular complexity index is 1180. The molecule has 0 bridgehead atoms. The third-order valence-electron chi connectivity index (χ3n) is 5.43. The second-order valence-electron chi connectivity index (χ2n) is 7.73. The number of nitrogens with zero attached hydrogens (tertiary/aromatic N) is 1. The van der Waals surface area contributed by atoms with Crippen molar-refractivity contribution >= 4 is 40.7 Å². The first kappa shape index (κ1) is 22.5. The first-order valence-corrected chi connectivity index (χ1v) is 10.8. The number of halogens is 2. The standard InChI is InChI=1S/C25H21ClFN3O3/c26-18-7-11-20(12-8-18)30-15-17(13-23(30)31)24(32)29-22-4-2-1-3-21(22)25(33)28-14-16-5-9-19(27)10-6-16/h1-12,17H,13-15H2,(H,28,33)(H,29,32)/t17-/m1/s1. The Balaban J connectivity index is 1.41. The number of nitrogens with one attached hydrogen (secondary N) is 2. The smallest absolute Gasteiger partial charge is 0.253 e. The van der Waals surface area contributed by atoms with Crippen LogP contribution in [0.5, 0.6) is 0 Å². The molecule has 1 atom stereocenters. The Labute approximate surface area is 195 Å². The minimum atomic E-state index is -0.552. The second kappa shape index (κ2) is 9.83. The van der Waals surface area contributed by atoms with E-state index >= 15 is 0 Å². The lowest BCUT2D eigenvalue weighted by molar-refractivity contribution is -0.122. The van der Waals surface area contributed by atoms with Crippen LogP contribution in [0.4, 0.5) is 15.8 Å². The third-order valence-corrected chi connectivity index (χ3v) is 5.68. The summed E-state index contributed by atoms with van der Waals surface area (Å²) in [6.07, 6.45) is 0.0768. The van der Waals surface area contributed by atoms with Crippen LogP contribution in [0.2, 0.25) is 5.02 Å². The van der Waals surface area contributed by atoms with Crippen LogP contribution in [0.1, 0.15) is 22.3 Å². The van der Waals surface area contributed by atoms with E-state index in [1.165, 1.54) is 12.1 Å². The Morgan fingerprint density at radius 3 is 2.42 bits per heavy atom. The van der Waals surface area contributed by atoms with Crippen LogP contribution < -0.4 is 15.5 Å². The molecule has 3 aromatic carbocycles. The van der Waals surface area contributed by atoms with Gasteiger partial charge < -0.3 is 15.5 Å². The molecule has 0 aromatic heterocycles. The number of amides is 3. The molecule has 8 heteroatoms. The van der Waals surface area contributed by atoms with Crippen molar-refractivity contribution in [3.63, 3.8) is 0 Å². The number of hydrogen-bond donors (Lipinski definition) is 2. The highest BCUT2D eigenvalue weighted by atomic mass is 35.5. The molecule has 0 spiro atoms. The number of hydrogen-bond acceptors (Lipinski definition) is 3. The molecule has 0 unspecified atom stereocenters. The first-order chi connectivity index (χ1) is 15.9. The first-order valence-electron chi connectivity index (χ1n) is 10.4. The maximum atomic E-state index is 13.1. The molecule has 1 aliphatic heterocycles. The molecular formula is C25H21ClFN3O3. The van der Waals surface area contributed by atoms with E-state index in [0.717, 1.165) is 5.56 Å². The Hall–Kier alpha value is -3.71. The Morgan fingerprint density at radius 1 is 1.00 bits per heavy atom. The molecule has 168 valence electrons. The van der Waals surface area contributed by atoms with Gasteiger partial charge in [0.25, 0.3) is 5.91 Å². The van der Waals surface area contributed by atoms with Gasteiger partial charge in [-0.1, -0.05) is 35.9 Å². The van der Waals surface area contributed by atoms with E-state index in [4.69, 9.17) is 11.6 Å². The van der Waals surface area contributed by atoms with Gasteiger partial charge in [-0.3, -0.25) is 14.4 Å². The summed E-state index contributed by atoms with van der Waals surface area (Å²) in [4.78, 5) is 39.6. The summed E-state index contributed by atoms with van der Waals surface area (Å²) in [5, 5.41) is 6.13. The van der Waals surface area contributed by atoms with Gasteiger partial charge in [-0.25, -0.2) is 4.39 Å². The molecule has 1 heterocycles. The number of benzene rings is 3. The van der Waals surface area contributed by atoms with Crippen molar-refractivity contribution < 1.29 is 18.8 Å². The zero-order valence-electron chi connectivity index (χ0n) is 17.6. The molecule has 0 saturated carbocycles. The Morgan fingerprint density at radius 2 is 1.70 bits per heavy atom. The minimum absolute atomic E-state index is 0.0768. The van der Waals surface area contributed by atoms with Gasteiger partial charge in [0.2, 0.25) is 11.8 Å². The van der Waals surface area contributed by atoms with Crippen molar-refractivity contribution in [1.29, 1.82) is 0 Å². The van der Waals surface area contributed by atoms with Crippen LogP contribution in [0.15, 0.2) is 72.8 Å². The molecule has 3 amide bonds.